The number of aliphatic carboxylic acids is 1. The Labute approximate surface area is 92.6 Å². The van der Waals surface area contributed by atoms with Crippen molar-refractivity contribution in [1.82, 2.24) is 0 Å². The van der Waals surface area contributed by atoms with E-state index in [-0.39, 0.29) is 5.75 Å². The topological polar surface area (TPSA) is 57.5 Å². The lowest BCUT2D eigenvalue weighted by atomic mass is 10.0. The number of aromatic hydroxyl groups is 1. The molecule has 0 fully saturated rings. The summed E-state index contributed by atoms with van der Waals surface area (Å²) in [7, 11) is 0. The SMILES string of the molecule is Cc1cc(O)c(/C=C/C(=O)O)c(C)c1Cl. The summed E-state index contributed by atoms with van der Waals surface area (Å²) in [6.07, 6.45) is 2.30. The number of benzene rings is 1. The summed E-state index contributed by atoms with van der Waals surface area (Å²) in [6.45, 7) is 3.51. The van der Waals surface area contributed by atoms with Crippen molar-refractivity contribution in [2.45, 2.75) is 13.8 Å². The van der Waals surface area contributed by atoms with E-state index in [1.165, 1.54) is 12.1 Å². The molecule has 1 rings (SSSR count). The van der Waals surface area contributed by atoms with Gasteiger partial charge in [-0.2, -0.15) is 0 Å². The minimum Gasteiger partial charge on any atom is -0.507 e. The Bertz CT molecular complexity index is 436. The number of carboxylic acid groups (broad SMARTS) is 1. The standard InChI is InChI=1S/C11H11ClO3/c1-6-5-9(13)8(3-4-10(14)15)7(2)11(6)12/h3-5,13H,1-2H3,(H,14,15)/b4-3+. The molecular weight excluding hydrogens is 216 g/mol. The Morgan fingerprint density at radius 2 is 2.07 bits per heavy atom. The zero-order valence-corrected chi connectivity index (χ0v) is 9.17. The first-order chi connectivity index (χ1) is 6.93. The molecule has 0 bridgehead atoms. The summed E-state index contributed by atoms with van der Waals surface area (Å²) in [5, 5.41) is 18.6. The van der Waals surface area contributed by atoms with E-state index >= 15 is 0 Å². The molecule has 3 nitrogen and oxygen atoms in total. The Hall–Kier alpha value is -1.48. The molecule has 0 amide bonds. The first-order valence-corrected chi connectivity index (χ1v) is 4.71. The van der Waals surface area contributed by atoms with E-state index in [0.29, 0.717) is 16.1 Å². The lowest BCUT2D eigenvalue weighted by Crippen LogP contribution is -1.90. The summed E-state index contributed by atoms with van der Waals surface area (Å²) in [6, 6.07) is 1.51. The first-order valence-electron chi connectivity index (χ1n) is 4.33. The highest BCUT2D eigenvalue weighted by molar-refractivity contribution is 6.32. The molecule has 0 aromatic heterocycles. The molecule has 0 saturated carbocycles. The van der Waals surface area contributed by atoms with Gasteiger partial charge in [0.05, 0.1) is 0 Å². The fraction of sp³-hybridized carbons (Fsp3) is 0.182. The Balaban J connectivity index is 3.30. The maximum absolute atomic E-state index is 10.3. The van der Waals surface area contributed by atoms with Gasteiger partial charge in [0.15, 0.2) is 0 Å². The lowest BCUT2D eigenvalue weighted by Gasteiger charge is -2.08. The summed E-state index contributed by atoms with van der Waals surface area (Å²) in [5.41, 5.74) is 1.87. The molecular formula is C11H11ClO3. The van der Waals surface area contributed by atoms with Crippen molar-refractivity contribution in [3.05, 3.63) is 33.9 Å². The van der Waals surface area contributed by atoms with Crippen LogP contribution in [0, 0.1) is 13.8 Å². The largest absolute Gasteiger partial charge is 0.507 e. The average Bonchev–Trinajstić information content (AvgIpc) is 2.14. The second-order valence-electron chi connectivity index (χ2n) is 3.24. The van der Waals surface area contributed by atoms with Crippen LogP contribution < -0.4 is 0 Å². The van der Waals surface area contributed by atoms with Crippen LogP contribution in [0.1, 0.15) is 16.7 Å². The molecule has 4 heteroatoms. The fourth-order valence-corrected chi connectivity index (χ4v) is 1.47. The minimum absolute atomic E-state index is 0.0342. The summed E-state index contributed by atoms with van der Waals surface area (Å²) < 4.78 is 0. The van der Waals surface area contributed by atoms with Gasteiger partial charge < -0.3 is 10.2 Å². The Kier molecular flexibility index (Phi) is 3.37. The third-order valence-electron chi connectivity index (χ3n) is 2.10. The zero-order valence-electron chi connectivity index (χ0n) is 8.41. The molecule has 0 saturated heterocycles. The summed E-state index contributed by atoms with van der Waals surface area (Å²) in [5.74, 6) is -1.03. The lowest BCUT2D eigenvalue weighted by molar-refractivity contribution is -0.131. The van der Waals surface area contributed by atoms with Gasteiger partial charge in [-0.15, -0.1) is 0 Å². The van der Waals surface area contributed by atoms with Crippen LogP contribution in [0.2, 0.25) is 5.02 Å². The molecule has 0 heterocycles. The van der Waals surface area contributed by atoms with Crippen molar-refractivity contribution in [2.75, 3.05) is 0 Å². The average molecular weight is 227 g/mol. The molecule has 0 aliphatic carbocycles. The smallest absolute Gasteiger partial charge is 0.328 e. The van der Waals surface area contributed by atoms with Crippen molar-refractivity contribution in [3.63, 3.8) is 0 Å². The predicted octanol–water partition coefficient (Wildman–Crippen LogP) is 2.76. The maximum atomic E-state index is 10.3. The molecule has 15 heavy (non-hydrogen) atoms. The van der Waals surface area contributed by atoms with E-state index < -0.39 is 5.97 Å². The predicted molar refractivity (Wildman–Crippen MR) is 59.3 cm³/mol. The van der Waals surface area contributed by atoms with Gasteiger partial charge >= 0.3 is 5.97 Å². The molecule has 0 unspecified atom stereocenters. The number of phenolic OH excluding ortho intramolecular Hbond substituents is 1. The van der Waals surface area contributed by atoms with Gasteiger partial charge in [0.1, 0.15) is 5.75 Å². The quantitative estimate of drug-likeness (QED) is 0.763. The van der Waals surface area contributed by atoms with Crippen molar-refractivity contribution >= 4 is 23.6 Å². The highest BCUT2D eigenvalue weighted by atomic mass is 35.5. The number of hydrogen-bond donors (Lipinski definition) is 2. The molecule has 0 radical (unpaired) electrons. The number of rotatable bonds is 2. The first kappa shape index (κ1) is 11.6. The van der Waals surface area contributed by atoms with Crippen LogP contribution in [0.3, 0.4) is 0 Å². The fourth-order valence-electron chi connectivity index (χ4n) is 1.32. The van der Waals surface area contributed by atoms with Gasteiger partial charge in [-0.3, -0.25) is 0 Å². The normalized spacial score (nSPS) is 10.9. The van der Waals surface area contributed by atoms with Crippen molar-refractivity contribution < 1.29 is 15.0 Å². The van der Waals surface area contributed by atoms with Crippen LogP contribution in [0.15, 0.2) is 12.1 Å². The Morgan fingerprint density at radius 3 is 2.60 bits per heavy atom. The summed E-state index contributed by atoms with van der Waals surface area (Å²) >= 11 is 5.98. The molecule has 1 aromatic carbocycles. The number of carboxylic acids is 1. The molecule has 0 atom stereocenters. The molecule has 0 aliphatic heterocycles. The second kappa shape index (κ2) is 4.36. The molecule has 0 aliphatic rings. The van der Waals surface area contributed by atoms with Crippen LogP contribution in [0.5, 0.6) is 5.75 Å². The van der Waals surface area contributed by atoms with E-state index in [0.717, 1.165) is 11.6 Å². The van der Waals surface area contributed by atoms with Gasteiger partial charge in [0.2, 0.25) is 0 Å². The van der Waals surface area contributed by atoms with Crippen LogP contribution in [-0.2, 0) is 4.79 Å². The molecule has 80 valence electrons. The van der Waals surface area contributed by atoms with Crippen molar-refractivity contribution in [3.8, 4) is 5.75 Å². The van der Waals surface area contributed by atoms with E-state index in [2.05, 4.69) is 0 Å². The number of carbonyl (C=O) groups is 1. The van der Waals surface area contributed by atoms with Gasteiger partial charge in [0, 0.05) is 16.7 Å². The number of phenols is 1. The zero-order chi connectivity index (χ0) is 11.6. The van der Waals surface area contributed by atoms with Gasteiger partial charge in [0.25, 0.3) is 0 Å². The van der Waals surface area contributed by atoms with Crippen LogP contribution in [0.4, 0.5) is 0 Å². The summed E-state index contributed by atoms with van der Waals surface area (Å²) in [4.78, 5) is 10.3. The van der Waals surface area contributed by atoms with Crippen LogP contribution in [-0.4, -0.2) is 16.2 Å². The third-order valence-corrected chi connectivity index (χ3v) is 2.68. The minimum atomic E-state index is -1.06. The second-order valence-corrected chi connectivity index (χ2v) is 3.61. The van der Waals surface area contributed by atoms with Gasteiger partial charge in [-0.05, 0) is 37.1 Å². The van der Waals surface area contributed by atoms with Gasteiger partial charge in [-0.25, -0.2) is 4.79 Å². The monoisotopic (exact) mass is 226 g/mol. The highest BCUT2D eigenvalue weighted by Crippen LogP contribution is 2.31. The Morgan fingerprint density at radius 1 is 1.47 bits per heavy atom. The van der Waals surface area contributed by atoms with Crippen molar-refractivity contribution in [1.29, 1.82) is 0 Å². The molecule has 1 aromatic rings. The van der Waals surface area contributed by atoms with E-state index in [1.807, 2.05) is 0 Å². The number of halogens is 1. The van der Waals surface area contributed by atoms with E-state index in [4.69, 9.17) is 16.7 Å². The van der Waals surface area contributed by atoms with E-state index in [1.54, 1.807) is 13.8 Å². The number of hydrogen-bond acceptors (Lipinski definition) is 2. The maximum Gasteiger partial charge on any atom is 0.328 e. The number of aryl methyl sites for hydroxylation is 1. The van der Waals surface area contributed by atoms with E-state index in [9.17, 15) is 9.90 Å². The van der Waals surface area contributed by atoms with Crippen LogP contribution in [0.25, 0.3) is 6.08 Å². The van der Waals surface area contributed by atoms with Gasteiger partial charge in [-0.1, -0.05) is 11.6 Å². The highest BCUT2D eigenvalue weighted by Gasteiger charge is 2.09. The van der Waals surface area contributed by atoms with Crippen molar-refractivity contribution in [2.24, 2.45) is 0 Å². The molecule has 2 N–H and O–H groups in total. The molecule has 0 spiro atoms. The third kappa shape index (κ3) is 2.50. The van der Waals surface area contributed by atoms with Crippen LogP contribution >= 0.6 is 11.6 Å².